The van der Waals surface area contributed by atoms with Crippen LogP contribution in [0.25, 0.3) is 0 Å². The summed E-state index contributed by atoms with van der Waals surface area (Å²) in [5, 5.41) is 3.14. The summed E-state index contributed by atoms with van der Waals surface area (Å²) in [6, 6.07) is 15.5. The monoisotopic (exact) mass is 387 g/mol. The molecule has 7 heteroatoms. The molecule has 1 saturated heterocycles. The molecule has 6 nitrogen and oxygen atoms in total. The second-order valence-electron chi connectivity index (χ2n) is 6.74. The van der Waals surface area contributed by atoms with Gasteiger partial charge in [0.25, 0.3) is 0 Å². The lowest BCUT2D eigenvalue weighted by atomic mass is 10.1. The molecule has 0 spiro atoms. The number of hydrogen-bond acceptors (Lipinski definition) is 4. The first-order valence-electron chi connectivity index (χ1n) is 9.15. The molecular formula is C20H25N3O3S. The van der Waals surface area contributed by atoms with Crippen LogP contribution in [0.1, 0.15) is 36.4 Å². The number of benzene rings is 2. The van der Waals surface area contributed by atoms with E-state index in [0.29, 0.717) is 24.5 Å². The molecular weight excluding hydrogens is 362 g/mol. The van der Waals surface area contributed by atoms with Gasteiger partial charge in [-0.1, -0.05) is 48.9 Å². The highest BCUT2D eigenvalue weighted by Gasteiger charge is 2.25. The number of carbonyl (C=O) groups excluding carboxylic acids is 1. The molecule has 3 N–H and O–H groups in total. The van der Waals surface area contributed by atoms with Gasteiger partial charge in [0.15, 0.2) is 0 Å². The molecule has 2 aromatic rings. The summed E-state index contributed by atoms with van der Waals surface area (Å²) >= 11 is 0. The molecule has 0 radical (unpaired) electrons. The number of amides is 1. The first kappa shape index (κ1) is 19.5. The van der Waals surface area contributed by atoms with Crippen molar-refractivity contribution in [2.45, 2.75) is 36.7 Å². The van der Waals surface area contributed by atoms with E-state index in [1.54, 1.807) is 28.6 Å². The largest absolute Gasteiger partial charge is 0.368 e. The Bertz CT molecular complexity index is 861. The number of hydrogen-bond donors (Lipinski definition) is 2. The van der Waals surface area contributed by atoms with Crippen LogP contribution < -0.4 is 11.1 Å². The van der Waals surface area contributed by atoms with Crippen LogP contribution in [0, 0.1) is 0 Å². The Morgan fingerprint density at radius 2 is 1.63 bits per heavy atom. The average Bonchev–Trinajstić information content (AvgIpc) is 2.70. The molecule has 3 rings (SSSR count). The van der Waals surface area contributed by atoms with Gasteiger partial charge in [-0.2, -0.15) is 4.31 Å². The van der Waals surface area contributed by atoms with Crippen LogP contribution in [0.15, 0.2) is 59.5 Å². The van der Waals surface area contributed by atoms with E-state index >= 15 is 0 Å². The minimum atomic E-state index is -3.43. The van der Waals surface area contributed by atoms with Gasteiger partial charge in [-0.05, 0) is 36.1 Å². The predicted octanol–water partition coefficient (Wildman–Crippen LogP) is 2.18. The van der Waals surface area contributed by atoms with Crippen molar-refractivity contribution in [3.05, 3.63) is 65.7 Å². The zero-order chi connectivity index (χ0) is 19.3. The van der Waals surface area contributed by atoms with Crippen molar-refractivity contribution in [3.63, 3.8) is 0 Å². The molecule has 1 atom stereocenters. The van der Waals surface area contributed by atoms with Crippen LogP contribution >= 0.6 is 0 Å². The summed E-state index contributed by atoms with van der Waals surface area (Å²) in [7, 11) is -3.43. The molecule has 0 saturated carbocycles. The average molecular weight is 388 g/mol. The Labute approximate surface area is 160 Å². The first-order valence-corrected chi connectivity index (χ1v) is 10.6. The summed E-state index contributed by atoms with van der Waals surface area (Å²) in [6.45, 7) is 1.58. The van der Waals surface area contributed by atoms with Crippen LogP contribution in [0.4, 0.5) is 0 Å². The van der Waals surface area contributed by atoms with Crippen molar-refractivity contribution in [3.8, 4) is 0 Å². The molecule has 1 aliphatic heterocycles. The van der Waals surface area contributed by atoms with E-state index in [0.717, 1.165) is 30.4 Å². The van der Waals surface area contributed by atoms with Crippen molar-refractivity contribution in [2.75, 3.05) is 13.1 Å². The first-order chi connectivity index (χ1) is 13.0. The maximum atomic E-state index is 12.7. The van der Waals surface area contributed by atoms with E-state index in [2.05, 4.69) is 5.32 Å². The van der Waals surface area contributed by atoms with Crippen molar-refractivity contribution in [1.82, 2.24) is 9.62 Å². The molecule has 144 valence electrons. The third kappa shape index (κ3) is 4.74. The van der Waals surface area contributed by atoms with Crippen molar-refractivity contribution in [1.29, 1.82) is 0 Å². The number of nitrogens with two attached hydrogens (primary N) is 1. The molecule has 1 heterocycles. The van der Waals surface area contributed by atoms with Crippen LogP contribution in [0.5, 0.6) is 0 Å². The summed E-state index contributed by atoms with van der Waals surface area (Å²) < 4.78 is 26.9. The highest BCUT2D eigenvalue weighted by atomic mass is 32.2. The van der Waals surface area contributed by atoms with E-state index in [1.165, 1.54) is 0 Å². The molecule has 1 fully saturated rings. The fourth-order valence-electron chi connectivity index (χ4n) is 3.28. The molecule has 0 bridgehead atoms. The topological polar surface area (TPSA) is 92.5 Å². The van der Waals surface area contributed by atoms with Gasteiger partial charge in [0.2, 0.25) is 15.9 Å². The molecule has 0 unspecified atom stereocenters. The fourth-order valence-corrected chi connectivity index (χ4v) is 4.80. The van der Waals surface area contributed by atoms with Crippen molar-refractivity contribution >= 4 is 15.9 Å². The second-order valence-corrected chi connectivity index (χ2v) is 8.67. The Morgan fingerprint density at radius 3 is 2.22 bits per heavy atom. The number of carbonyl (C=O) groups is 1. The van der Waals surface area contributed by atoms with Crippen LogP contribution in [0.2, 0.25) is 0 Å². The predicted molar refractivity (Wildman–Crippen MR) is 104 cm³/mol. The van der Waals surface area contributed by atoms with Gasteiger partial charge < -0.3 is 5.73 Å². The number of piperidine rings is 1. The van der Waals surface area contributed by atoms with Gasteiger partial charge in [-0.15, -0.1) is 0 Å². The smallest absolute Gasteiger partial charge is 0.243 e. The maximum Gasteiger partial charge on any atom is 0.243 e. The third-order valence-corrected chi connectivity index (χ3v) is 6.72. The molecule has 2 aromatic carbocycles. The van der Waals surface area contributed by atoms with Gasteiger partial charge >= 0.3 is 0 Å². The lowest BCUT2D eigenvalue weighted by molar-refractivity contribution is -0.120. The fraction of sp³-hybridized carbons (Fsp3) is 0.350. The second kappa shape index (κ2) is 8.65. The van der Waals surface area contributed by atoms with Crippen LogP contribution in [0.3, 0.4) is 0 Å². The summed E-state index contributed by atoms with van der Waals surface area (Å²) in [4.78, 5) is 12.1. The van der Waals surface area contributed by atoms with E-state index in [-0.39, 0.29) is 0 Å². The Morgan fingerprint density at radius 1 is 1.00 bits per heavy atom. The van der Waals surface area contributed by atoms with E-state index < -0.39 is 22.0 Å². The van der Waals surface area contributed by atoms with Crippen molar-refractivity contribution in [2.24, 2.45) is 5.73 Å². The Balaban J connectivity index is 1.67. The minimum absolute atomic E-state index is 0.308. The summed E-state index contributed by atoms with van der Waals surface area (Å²) in [5.74, 6) is -0.453. The maximum absolute atomic E-state index is 12.7. The number of primary amides is 1. The van der Waals surface area contributed by atoms with E-state index in [9.17, 15) is 13.2 Å². The molecule has 1 aliphatic rings. The van der Waals surface area contributed by atoms with E-state index in [4.69, 9.17) is 5.73 Å². The van der Waals surface area contributed by atoms with Gasteiger partial charge in [0, 0.05) is 19.6 Å². The zero-order valence-electron chi connectivity index (χ0n) is 15.2. The minimum Gasteiger partial charge on any atom is -0.368 e. The molecule has 1 amide bonds. The Kier molecular flexibility index (Phi) is 6.26. The van der Waals surface area contributed by atoms with Crippen LogP contribution in [-0.2, 0) is 21.4 Å². The Hall–Kier alpha value is -2.22. The summed E-state index contributed by atoms with van der Waals surface area (Å²) in [5.41, 5.74) is 7.19. The number of nitrogens with zero attached hydrogens (tertiary/aromatic N) is 1. The molecule has 0 aliphatic carbocycles. The van der Waals surface area contributed by atoms with Crippen LogP contribution in [-0.4, -0.2) is 31.7 Å². The normalized spacial score (nSPS) is 16.7. The number of rotatable bonds is 7. The standard InChI is InChI=1S/C20H25N3O3S/c21-20(24)19(17-7-3-1-4-8-17)22-15-16-9-11-18(12-10-16)27(25,26)23-13-5-2-6-14-23/h1,3-4,7-12,19,22H,2,5-6,13-15H2,(H2,21,24)/t19-/m1/s1. The van der Waals surface area contributed by atoms with Gasteiger partial charge in [0.05, 0.1) is 4.90 Å². The third-order valence-electron chi connectivity index (χ3n) is 4.80. The van der Waals surface area contributed by atoms with Gasteiger partial charge in [-0.3, -0.25) is 10.1 Å². The highest BCUT2D eigenvalue weighted by Crippen LogP contribution is 2.21. The highest BCUT2D eigenvalue weighted by molar-refractivity contribution is 7.89. The van der Waals surface area contributed by atoms with Crippen molar-refractivity contribution < 1.29 is 13.2 Å². The number of nitrogens with one attached hydrogen (secondary N) is 1. The SMILES string of the molecule is NC(=O)[C@H](NCc1ccc(S(=O)(=O)N2CCCCC2)cc1)c1ccccc1. The van der Waals surface area contributed by atoms with Gasteiger partial charge in [-0.25, -0.2) is 8.42 Å². The quantitative estimate of drug-likeness (QED) is 0.762. The molecule has 0 aromatic heterocycles. The summed E-state index contributed by atoms with van der Waals surface area (Å²) in [6.07, 6.45) is 2.91. The lowest BCUT2D eigenvalue weighted by Crippen LogP contribution is -2.35. The van der Waals surface area contributed by atoms with Gasteiger partial charge in [0.1, 0.15) is 6.04 Å². The zero-order valence-corrected chi connectivity index (χ0v) is 16.0. The number of sulfonamides is 1. The van der Waals surface area contributed by atoms with E-state index in [1.807, 2.05) is 30.3 Å². The molecule has 27 heavy (non-hydrogen) atoms. The lowest BCUT2D eigenvalue weighted by Gasteiger charge is -2.26.